The number of hydrogen-bond donors (Lipinski definition) is 1. The summed E-state index contributed by atoms with van der Waals surface area (Å²) >= 11 is 0. The Morgan fingerprint density at radius 2 is 1.65 bits per heavy atom. The van der Waals surface area contributed by atoms with Crippen molar-refractivity contribution in [2.45, 2.75) is 33.9 Å². The molecule has 0 saturated heterocycles. The van der Waals surface area contributed by atoms with Gasteiger partial charge in [0.25, 0.3) is 0 Å². The summed E-state index contributed by atoms with van der Waals surface area (Å²) in [7, 11) is 0. The van der Waals surface area contributed by atoms with Crippen molar-refractivity contribution in [1.82, 2.24) is 0 Å². The van der Waals surface area contributed by atoms with E-state index in [9.17, 15) is 4.39 Å². The molecule has 20 heavy (non-hydrogen) atoms. The molecule has 2 aromatic carbocycles. The van der Waals surface area contributed by atoms with Crippen molar-refractivity contribution in [2.75, 3.05) is 0 Å². The van der Waals surface area contributed by atoms with Crippen molar-refractivity contribution in [3.8, 4) is 5.75 Å². The Kier molecular flexibility index (Phi) is 4.40. The van der Waals surface area contributed by atoms with Crippen LogP contribution in [0.15, 0.2) is 30.3 Å². The van der Waals surface area contributed by atoms with Gasteiger partial charge in [-0.05, 0) is 31.9 Å². The van der Waals surface area contributed by atoms with Gasteiger partial charge in [0.05, 0.1) is 0 Å². The molecule has 0 heterocycles. The van der Waals surface area contributed by atoms with Crippen LogP contribution in [-0.4, -0.2) is 0 Å². The number of halogens is 1. The molecule has 0 bridgehead atoms. The average Bonchev–Trinajstić information content (AvgIpc) is 2.39. The lowest BCUT2D eigenvalue weighted by molar-refractivity contribution is 0.295. The standard InChI is InChI=1S/C17H20FNO/c1-11-7-12(2)17(13(3)8-11)20-10-15-6-4-5-14(9-19)16(15)18/h4-8H,9-10,19H2,1-3H3. The summed E-state index contributed by atoms with van der Waals surface area (Å²) in [5.74, 6) is 0.561. The first-order chi connectivity index (χ1) is 9.52. The zero-order valence-electron chi connectivity index (χ0n) is 12.2. The Balaban J connectivity index is 2.21. The van der Waals surface area contributed by atoms with E-state index < -0.39 is 0 Å². The molecular weight excluding hydrogens is 253 g/mol. The molecule has 0 radical (unpaired) electrons. The van der Waals surface area contributed by atoms with Gasteiger partial charge in [0, 0.05) is 17.7 Å². The lowest BCUT2D eigenvalue weighted by atomic mass is 10.1. The second-order valence-electron chi connectivity index (χ2n) is 5.11. The Morgan fingerprint density at radius 1 is 1.05 bits per heavy atom. The van der Waals surface area contributed by atoms with E-state index in [2.05, 4.69) is 12.1 Å². The van der Waals surface area contributed by atoms with Crippen LogP contribution in [0.1, 0.15) is 27.8 Å². The van der Waals surface area contributed by atoms with Crippen molar-refractivity contribution < 1.29 is 9.13 Å². The zero-order chi connectivity index (χ0) is 14.7. The molecule has 3 heteroatoms. The third-order valence-electron chi connectivity index (χ3n) is 3.36. The van der Waals surface area contributed by atoms with Crippen LogP contribution in [0.2, 0.25) is 0 Å². The van der Waals surface area contributed by atoms with Crippen LogP contribution in [0.25, 0.3) is 0 Å². The monoisotopic (exact) mass is 273 g/mol. The van der Waals surface area contributed by atoms with Gasteiger partial charge in [0.15, 0.2) is 0 Å². The summed E-state index contributed by atoms with van der Waals surface area (Å²) in [6.45, 7) is 6.46. The number of hydrogen-bond acceptors (Lipinski definition) is 2. The van der Waals surface area contributed by atoms with Gasteiger partial charge in [0.2, 0.25) is 0 Å². The summed E-state index contributed by atoms with van der Waals surface area (Å²) in [6, 6.07) is 9.36. The molecule has 2 nitrogen and oxygen atoms in total. The van der Waals surface area contributed by atoms with Gasteiger partial charge in [-0.25, -0.2) is 4.39 Å². The molecule has 0 spiro atoms. The Hall–Kier alpha value is -1.87. The highest BCUT2D eigenvalue weighted by atomic mass is 19.1. The first-order valence-corrected chi connectivity index (χ1v) is 6.70. The third-order valence-corrected chi connectivity index (χ3v) is 3.36. The van der Waals surface area contributed by atoms with Crippen molar-refractivity contribution in [1.29, 1.82) is 0 Å². The van der Waals surface area contributed by atoms with Crippen molar-refractivity contribution in [2.24, 2.45) is 5.73 Å². The van der Waals surface area contributed by atoms with Gasteiger partial charge in [-0.15, -0.1) is 0 Å². The molecule has 2 aromatic rings. The quantitative estimate of drug-likeness (QED) is 0.920. The summed E-state index contributed by atoms with van der Waals surface area (Å²) in [5.41, 5.74) is 9.90. The molecule has 0 aromatic heterocycles. The van der Waals surface area contributed by atoms with Crippen LogP contribution in [0.5, 0.6) is 5.75 Å². The number of aryl methyl sites for hydroxylation is 3. The first kappa shape index (κ1) is 14.5. The van der Waals surface area contributed by atoms with Crippen LogP contribution in [0.3, 0.4) is 0 Å². The lowest BCUT2D eigenvalue weighted by Crippen LogP contribution is -2.06. The van der Waals surface area contributed by atoms with E-state index in [4.69, 9.17) is 10.5 Å². The predicted molar refractivity (Wildman–Crippen MR) is 79.3 cm³/mol. The number of nitrogens with two attached hydrogens (primary N) is 1. The molecule has 0 aliphatic heterocycles. The van der Waals surface area contributed by atoms with Crippen molar-refractivity contribution >= 4 is 0 Å². The predicted octanol–water partition coefficient (Wildman–Crippen LogP) is 3.79. The fourth-order valence-electron chi connectivity index (χ4n) is 2.45. The smallest absolute Gasteiger partial charge is 0.134 e. The van der Waals surface area contributed by atoms with Gasteiger partial charge in [0.1, 0.15) is 18.2 Å². The maximum absolute atomic E-state index is 14.1. The van der Waals surface area contributed by atoms with Crippen molar-refractivity contribution in [3.05, 3.63) is 64.0 Å². The SMILES string of the molecule is Cc1cc(C)c(OCc2cccc(CN)c2F)c(C)c1. The van der Waals surface area contributed by atoms with E-state index in [1.807, 2.05) is 20.8 Å². The summed E-state index contributed by atoms with van der Waals surface area (Å²) in [4.78, 5) is 0. The van der Waals surface area contributed by atoms with Gasteiger partial charge in [-0.1, -0.05) is 35.9 Å². The lowest BCUT2D eigenvalue weighted by Gasteiger charge is -2.14. The topological polar surface area (TPSA) is 35.2 Å². The Labute approximate surface area is 119 Å². The molecule has 0 atom stereocenters. The highest BCUT2D eigenvalue weighted by Gasteiger charge is 2.10. The summed E-state index contributed by atoms with van der Waals surface area (Å²) in [6.07, 6.45) is 0. The van der Waals surface area contributed by atoms with E-state index in [1.54, 1.807) is 18.2 Å². The Morgan fingerprint density at radius 3 is 2.25 bits per heavy atom. The van der Waals surface area contributed by atoms with E-state index >= 15 is 0 Å². The fourth-order valence-corrected chi connectivity index (χ4v) is 2.45. The highest BCUT2D eigenvalue weighted by molar-refractivity contribution is 5.43. The normalized spacial score (nSPS) is 10.7. The van der Waals surface area contributed by atoms with E-state index in [1.165, 1.54) is 5.56 Å². The average molecular weight is 273 g/mol. The van der Waals surface area contributed by atoms with Gasteiger partial charge < -0.3 is 10.5 Å². The highest BCUT2D eigenvalue weighted by Crippen LogP contribution is 2.26. The molecule has 0 fully saturated rings. The van der Waals surface area contributed by atoms with E-state index in [0.717, 1.165) is 16.9 Å². The molecule has 0 aliphatic rings. The first-order valence-electron chi connectivity index (χ1n) is 6.70. The molecule has 2 rings (SSSR count). The molecule has 0 amide bonds. The molecule has 106 valence electrons. The summed E-state index contributed by atoms with van der Waals surface area (Å²) < 4.78 is 19.9. The Bertz CT molecular complexity index is 599. The molecule has 0 unspecified atom stereocenters. The second kappa shape index (κ2) is 6.06. The van der Waals surface area contributed by atoms with E-state index in [0.29, 0.717) is 11.1 Å². The minimum Gasteiger partial charge on any atom is -0.488 e. The minimum atomic E-state index is -0.266. The number of ether oxygens (including phenoxy) is 1. The van der Waals surface area contributed by atoms with Crippen LogP contribution in [-0.2, 0) is 13.2 Å². The number of benzene rings is 2. The van der Waals surface area contributed by atoms with Crippen LogP contribution < -0.4 is 10.5 Å². The molecular formula is C17H20FNO. The van der Waals surface area contributed by atoms with Crippen LogP contribution in [0.4, 0.5) is 4.39 Å². The van der Waals surface area contributed by atoms with Crippen LogP contribution >= 0.6 is 0 Å². The maximum Gasteiger partial charge on any atom is 0.134 e. The maximum atomic E-state index is 14.1. The minimum absolute atomic E-state index is 0.197. The number of rotatable bonds is 4. The van der Waals surface area contributed by atoms with Gasteiger partial charge in [-0.2, -0.15) is 0 Å². The van der Waals surface area contributed by atoms with Crippen molar-refractivity contribution in [3.63, 3.8) is 0 Å². The largest absolute Gasteiger partial charge is 0.488 e. The fraction of sp³-hybridized carbons (Fsp3) is 0.294. The third kappa shape index (κ3) is 2.99. The van der Waals surface area contributed by atoms with Crippen LogP contribution in [0, 0.1) is 26.6 Å². The van der Waals surface area contributed by atoms with Gasteiger partial charge >= 0.3 is 0 Å². The summed E-state index contributed by atoms with van der Waals surface area (Å²) in [5, 5.41) is 0. The van der Waals surface area contributed by atoms with Gasteiger partial charge in [-0.3, -0.25) is 0 Å². The molecule has 0 saturated carbocycles. The zero-order valence-corrected chi connectivity index (χ0v) is 12.2. The second-order valence-corrected chi connectivity index (χ2v) is 5.11. The van der Waals surface area contributed by atoms with E-state index in [-0.39, 0.29) is 19.0 Å². The molecule has 2 N–H and O–H groups in total. The molecule has 0 aliphatic carbocycles.